The maximum Gasteiger partial charge on any atom is 0.416 e. The van der Waals surface area contributed by atoms with Crippen LogP contribution < -0.4 is 5.11 Å². The number of hydrogen-bond acceptors (Lipinski definition) is 5. The number of nitrogens with zero attached hydrogens (tertiary/aromatic N) is 2. The van der Waals surface area contributed by atoms with Crippen molar-refractivity contribution in [2.24, 2.45) is 5.41 Å². The van der Waals surface area contributed by atoms with Gasteiger partial charge in [-0.25, -0.2) is 4.79 Å². The Bertz CT molecular complexity index is 1710. The average Bonchev–Trinajstić information content (AvgIpc) is 3.25. The first-order valence-corrected chi connectivity index (χ1v) is 15.1. The molecular formula is C35H33F6N2O4-. The standard InChI is InChI=1S/C35H34F6N2O4/c1-19-11-23(31(44)45)5-6-28(19)29-13-21(8-10-42-29)12-22-7-9-33(3,4)17-25(22)18-43-20(2)30(47-32(43)46)24-14-26(34(36,37)38)16-27(15-24)35(39,40)41/h5-6,8,10-11,13-16,20,30H,7,9,12,17-18H2,1-4H3,(H,44,45)/p-1/t20-,30-/m0/s1. The molecule has 1 fully saturated rings. The highest BCUT2D eigenvalue weighted by atomic mass is 19.4. The van der Waals surface area contributed by atoms with Gasteiger partial charge in [0.15, 0.2) is 0 Å². The predicted octanol–water partition coefficient (Wildman–Crippen LogP) is 8.09. The molecular weight excluding hydrogens is 626 g/mol. The lowest BCUT2D eigenvalue weighted by Gasteiger charge is -2.35. The van der Waals surface area contributed by atoms with E-state index in [2.05, 4.69) is 18.8 Å². The fourth-order valence-corrected chi connectivity index (χ4v) is 6.40. The van der Waals surface area contributed by atoms with Gasteiger partial charge in [0.1, 0.15) is 6.10 Å². The Morgan fingerprint density at radius 3 is 2.26 bits per heavy atom. The van der Waals surface area contributed by atoms with Gasteiger partial charge in [-0.05, 0) is 104 Å². The molecule has 0 N–H and O–H groups in total. The number of carbonyl (C=O) groups is 2. The Labute approximate surface area is 268 Å². The van der Waals surface area contributed by atoms with Gasteiger partial charge in [-0.1, -0.05) is 37.1 Å². The molecule has 1 saturated heterocycles. The van der Waals surface area contributed by atoms with Crippen LogP contribution in [0.15, 0.2) is 65.9 Å². The summed E-state index contributed by atoms with van der Waals surface area (Å²) in [4.78, 5) is 30.2. The Morgan fingerprint density at radius 1 is 1.00 bits per heavy atom. The lowest BCUT2D eigenvalue weighted by Crippen LogP contribution is -2.36. The van der Waals surface area contributed by atoms with Gasteiger partial charge in [-0.2, -0.15) is 26.3 Å². The van der Waals surface area contributed by atoms with Gasteiger partial charge in [0.2, 0.25) is 0 Å². The minimum atomic E-state index is -5.03. The number of cyclic esters (lactones) is 1. The molecule has 0 radical (unpaired) electrons. The second-order valence-corrected chi connectivity index (χ2v) is 13.1. The number of benzene rings is 2. The first kappa shape index (κ1) is 34.0. The molecule has 47 heavy (non-hydrogen) atoms. The molecule has 1 amide bonds. The van der Waals surface area contributed by atoms with Crippen LogP contribution in [0.1, 0.15) is 84.3 Å². The van der Waals surface area contributed by atoms with Crippen LogP contribution in [0, 0.1) is 12.3 Å². The van der Waals surface area contributed by atoms with Crippen LogP contribution in [0.5, 0.6) is 0 Å². The van der Waals surface area contributed by atoms with E-state index in [4.69, 9.17) is 4.74 Å². The van der Waals surface area contributed by atoms with E-state index in [1.165, 1.54) is 17.0 Å². The van der Waals surface area contributed by atoms with Crippen LogP contribution in [0.4, 0.5) is 31.1 Å². The predicted molar refractivity (Wildman–Crippen MR) is 159 cm³/mol. The van der Waals surface area contributed by atoms with Crippen molar-refractivity contribution in [2.75, 3.05) is 6.54 Å². The minimum Gasteiger partial charge on any atom is -0.545 e. The summed E-state index contributed by atoms with van der Waals surface area (Å²) in [6, 6.07) is 8.88. The quantitative estimate of drug-likeness (QED) is 0.189. The van der Waals surface area contributed by atoms with Crippen molar-refractivity contribution in [1.82, 2.24) is 9.88 Å². The number of aromatic carboxylic acids is 1. The van der Waals surface area contributed by atoms with E-state index in [0.717, 1.165) is 40.7 Å². The van der Waals surface area contributed by atoms with Gasteiger partial charge in [-0.3, -0.25) is 9.88 Å². The lowest BCUT2D eigenvalue weighted by atomic mass is 9.73. The molecule has 2 heterocycles. The molecule has 250 valence electrons. The highest BCUT2D eigenvalue weighted by Crippen LogP contribution is 2.44. The molecule has 0 saturated carbocycles. The van der Waals surface area contributed by atoms with Crippen molar-refractivity contribution in [3.63, 3.8) is 0 Å². The van der Waals surface area contributed by atoms with Crippen LogP contribution in [0.3, 0.4) is 0 Å². The first-order valence-electron chi connectivity index (χ1n) is 15.1. The number of carbonyl (C=O) groups excluding carboxylic acids is 2. The zero-order chi connectivity index (χ0) is 34.5. The highest BCUT2D eigenvalue weighted by molar-refractivity contribution is 5.87. The molecule has 5 rings (SSSR count). The highest BCUT2D eigenvalue weighted by Gasteiger charge is 2.44. The van der Waals surface area contributed by atoms with Gasteiger partial charge < -0.3 is 14.6 Å². The number of amides is 1. The monoisotopic (exact) mass is 659 g/mol. The van der Waals surface area contributed by atoms with Gasteiger partial charge in [0, 0.05) is 18.3 Å². The number of aryl methyl sites for hydroxylation is 1. The van der Waals surface area contributed by atoms with E-state index < -0.39 is 47.7 Å². The van der Waals surface area contributed by atoms with Crippen molar-refractivity contribution in [2.45, 2.75) is 77.9 Å². The second-order valence-electron chi connectivity index (χ2n) is 13.1. The molecule has 2 aromatic carbocycles. The van der Waals surface area contributed by atoms with Crippen LogP contribution in [-0.2, 0) is 23.5 Å². The largest absolute Gasteiger partial charge is 0.545 e. The third-order valence-electron chi connectivity index (χ3n) is 8.97. The summed E-state index contributed by atoms with van der Waals surface area (Å²) < 4.78 is 86.7. The topological polar surface area (TPSA) is 82.6 Å². The number of alkyl halides is 6. The van der Waals surface area contributed by atoms with E-state index in [-0.39, 0.29) is 29.2 Å². The molecule has 2 aliphatic rings. The normalized spacial score (nSPS) is 20.0. The van der Waals surface area contributed by atoms with Crippen molar-refractivity contribution < 1.29 is 45.8 Å². The average molecular weight is 660 g/mol. The smallest absolute Gasteiger partial charge is 0.416 e. The molecule has 2 atom stereocenters. The van der Waals surface area contributed by atoms with Crippen LogP contribution in [0.25, 0.3) is 11.3 Å². The Morgan fingerprint density at radius 2 is 1.66 bits per heavy atom. The van der Waals surface area contributed by atoms with E-state index in [1.807, 2.05) is 12.1 Å². The molecule has 6 nitrogen and oxygen atoms in total. The fraction of sp³-hybridized carbons (Fsp3) is 0.400. The van der Waals surface area contributed by atoms with Crippen LogP contribution in [0.2, 0.25) is 0 Å². The van der Waals surface area contributed by atoms with E-state index in [1.54, 1.807) is 26.1 Å². The molecule has 12 heteroatoms. The third kappa shape index (κ3) is 7.47. The van der Waals surface area contributed by atoms with Gasteiger partial charge in [0.05, 0.1) is 28.8 Å². The van der Waals surface area contributed by atoms with E-state index in [9.17, 15) is 41.0 Å². The summed E-state index contributed by atoms with van der Waals surface area (Å²) >= 11 is 0. The zero-order valence-electron chi connectivity index (χ0n) is 26.2. The summed E-state index contributed by atoms with van der Waals surface area (Å²) in [5, 5.41) is 11.3. The van der Waals surface area contributed by atoms with Gasteiger partial charge >= 0.3 is 18.4 Å². The first-order chi connectivity index (χ1) is 21.8. The fourth-order valence-electron chi connectivity index (χ4n) is 6.40. The number of aromatic nitrogens is 1. The Hall–Kier alpha value is -4.35. The van der Waals surface area contributed by atoms with Gasteiger partial charge in [0.25, 0.3) is 0 Å². The molecule has 0 unspecified atom stereocenters. The lowest BCUT2D eigenvalue weighted by molar-refractivity contribution is -0.255. The van der Waals surface area contributed by atoms with Gasteiger partial charge in [-0.15, -0.1) is 0 Å². The summed E-state index contributed by atoms with van der Waals surface area (Å²) in [5.41, 5.74) is 1.75. The van der Waals surface area contributed by atoms with Crippen LogP contribution >= 0.6 is 0 Å². The molecule has 1 aliphatic heterocycles. The van der Waals surface area contributed by atoms with Crippen molar-refractivity contribution in [1.29, 1.82) is 0 Å². The number of carboxylic acid groups (broad SMARTS) is 1. The molecule has 0 spiro atoms. The summed E-state index contributed by atoms with van der Waals surface area (Å²) in [6.45, 7) is 7.65. The number of carboxylic acids is 1. The van der Waals surface area contributed by atoms with E-state index >= 15 is 0 Å². The summed E-state index contributed by atoms with van der Waals surface area (Å²) in [7, 11) is 0. The third-order valence-corrected chi connectivity index (χ3v) is 8.97. The molecule has 1 aliphatic carbocycles. The molecule has 0 bridgehead atoms. The second kappa shape index (κ2) is 12.4. The number of halogens is 6. The van der Waals surface area contributed by atoms with Crippen molar-refractivity contribution in [3.8, 4) is 11.3 Å². The SMILES string of the molecule is Cc1cc(C(=O)[O-])ccc1-c1cc(CC2=C(CN3C(=O)O[C@H](c4cc(C(F)(F)F)cc(C(F)(F)F)c4)[C@@H]3C)CC(C)(C)CC2)ccn1. The Kier molecular flexibility index (Phi) is 8.93. The molecule has 1 aromatic heterocycles. The number of ether oxygens (including phenoxy) is 1. The molecule has 3 aromatic rings. The van der Waals surface area contributed by atoms with Crippen molar-refractivity contribution >= 4 is 12.1 Å². The minimum absolute atomic E-state index is 0.0539. The number of allylic oxidation sites excluding steroid dienone is 1. The van der Waals surface area contributed by atoms with E-state index in [0.29, 0.717) is 30.7 Å². The summed E-state index contributed by atoms with van der Waals surface area (Å²) in [6.07, 6.45) is -7.78. The number of pyridine rings is 1. The Balaban J connectivity index is 1.44. The zero-order valence-corrected chi connectivity index (χ0v) is 26.2. The van der Waals surface area contributed by atoms with Crippen molar-refractivity contribution in [3.05, 3.63) is 99.3 Å². The summed E-state index contributed by atoms with van der Waals surface area (Å²) in [5.74, 6) is -1.27. The number of hydrogen-bond donors (Lipinski definition) is 0. The number of rotatable bonds is 7. The van der Waals surface area contributed by atoms with Crippen LogP contribution in [-0.4, -0.2) is 34.5 Å². The maximum atomic E-state index is 13.5. The maximum absolute atomic E-state index is 13.5.